The van der Waals surface area contributed by atoms with Crippen molar-refractivity contribution in [1.29, 1.82) is 0 Å². The number of hydrogen-bond donors (Lipinski definition) is 0. The minimum absolute atomic E-state index is 0.788. The molecular weight excluding hydrogens is 338 g/mol. The lowest BCUT2D eigenvalue weighted by molar-refractivity contribution is -0.249. The summed E-state index contributed by atoms with van der Waals surface area (Å²) in [6.07, 6.45) is 8.72. The Kier molecular flexibility index (Phi) is 4.92. The zero-order valence-electron chi connectivity index (χ0n) is 14.1. The summed E-state index contributed by atoms with van der Waals surface area (Å²) in [5.41, 5.74) is 1.21. The van der Waals surface area contributed by atoms with E-state index in [-0.39, 0.29) is 0 Å². The van der Waals surface area contributed by atoms with E-state index < -0.39 is 0 Å². The summed E-state index contributed by atoms with van der Waals surface area (Å²) in [6.45, 7) is 6.05. The van der Waals surface area contributed by atoms with Crippen molar-refractivity contribution in [2.45, 2.75) is 6.42 Å². The number of rotatable bonds is 5. The smallest absolute Gasteiger partial charge is 0.182 e. The van der Waals surface area contributed by atoms with Gasteiger partial charge in [-0.15, -0.1) is 15.2 Å². The minimum atomic E-state index is 0.788. The number of fused-ring (bicyclic) bond motifs is 1. The second-order valence-corrected chi connectivity index (χ2v) is 6.74. The third kappa shape index (κ3) is 3.98. The minimum Gasteiger partial charge on any atom is -0.369 e. The van der Waals surface area contributed by atoms with Crippen molar-refractivity contribution in [1.82, 2.24) is 15.1 Å². The maximum absolute atomic E-state index is 6.09. The van der Waals surface area contributed by atoms with E-state index in [4.69, 9.17) is 16.5 Å². The van der Waals surface area contributed by atoms with Crippen molar-refractivity contribution in [2.75, 3.05) is 44.2 Å². The molecule has 1 saturated heterocycles. The van der Waals surface area contributed by atoms with Gasteiger partial charge in [-0.3, -0.25) is 4.90 Å². The van der Waals surface area contributed by atoms with E-state index in [1.807, 2.05) is 42.6 Å². The van der Waals surface area contributed by atoms with Gasteiger partial charge in [-0.1, -0.05) is 23.7 Å². The molecule has 1 aromatic carbocycles. The zero-order valence-corrected chi connectivity index (χ0v) is 14.8. The van der Waals surface area contributed by atoms with E-state index in [1.165, 1.54) is 5.69 Å². The molecule has 3 aliphatic rings. The predicted octanol–water partition coefficient (Wildman–Crippen LogP) is 2.71. The van der Waals surface area contributed by atoms with E-state index in [0.29, 0.717) is 0 Å². The van der Waals surface area contributed by atoms with Gasteiger partial charge in [0.05, 0.1) is 6.54 Å². The number of hydrazone groups is 1. The maximum atomic E-state index is 6.09. The SMILES string of the molecule is Clc1cccc(N2CCN(CCCN3N=C4C=CC=CN4O3)CC2)c1. The lowest BCUT2D eigenvalue weighted by atomic mass is 10.2. The van der Waals surface area contributed by atoms with Crippen molar-refractivity contribution in [2.24, 2.45) is 5.10 Å². The Morgan fingerprint density at radius 3 is 2.76 bits per heavy atom. The third-order valence-electron chi connectivity index (χ3n) is 4.57. The van der Waals surface area contributed by atoms with Crippen molar-refractivity contribution in [3.8, 4) is 0 Å². The van der Waals surface area contributed by atoms with Crippen LogP contribution in [0, 0.1) is 0 Å². The lowest BCUT2D eigenvalue weighted by Crippen LogP contribution is -2.47. The van der Waals surface area contributed by atoms with E-state index in [9.17, 15) is 0 Å². The summed E-state index contributed by atoms with van der Waals surface area (Å²) in [4.78, 5) is 10.5. The molecular formula is C18H22ClN5O. The summed E-state index contributed by atoms with van der Waals surface area (Å²) in [5.74, 6) is 0.831. The Labute approximate surface area is 153 Å². The normalized spacial score (nSPS) is 20.2. The van der Waals surface area contributed by atoms with Crippen molar-refractivity contribution in [3.63, 3.8) is 0 Å². The largest absolute Gasteiger partial charge is 0.369 e. The number of piperazine rings is 1. The highest BCUT2D eigenvalue weighted by Gasteiger charge is 2.22. The van der Waals surface area contributed by atoms with Crippen molar-refractivity contribution < 1.29 is 4.94 Å². The molecule has 25 heavy (non-hydrogen) atoms. The highest BCUT2D eigenvalue weighted by molar-refractivity contribution is 6.30. The Hall–Kier alpha value is -2.02. The molecule has 6 nitrogen and oxygen atoms in total. The summed E-state index contributed by atoms with van der Waals surface area (Å²) in [5, 5.41) is 8.58. The molecule has 0 bridgehead atoms. The van der Waals surface area contributed by atoms with E-state index in [2.05, 4.69) is 21.0 Å². The second kappa shape index (κ2) is 7.47. The number of halogens is 1. The standard InChI is InChI=1S/C18H22ClN5O/c19-16-5-3-6-17(15-16)22-13-11-21(12-14-22)8-4-10-24-20-18-7-1-2-9-23(18)25-24/h1-3,5-7,9,15H,4,8,10-14H2. The highest BCUT2D eigenvalue weighted by Crippen LogP contribution is 2.21. The van der Waals surface area contributed by atoms with Gasteiger partial charge in [0.2, 0.25) is 0 Å². The number of hydrogen-bond acceptors (Lipinski definition) is 6. The van der Waals surface area contributed by atoms with Crippen LogP contribution in [-0.4, -0.2) is 60.2 Å². The van der Waals surface area contributed by atoms with Crippen LogP contribution >= 0.6 is 11.6 Å². The Morgan fingerprint density at radius 2 is 1.96 bits per heavy atom. The van der Waals surface area contributed by atoms with E-state index >= 15 is 0 Å². The number of hydroxylamine groups is 3. The first-order valence-electron chi connectivity index (χ1n) is 8.69. The van der Waals surface area contributed by atoms with Gasteiger partial charge in [-0.05, 0) is 36.8 Å². The average molecular weight is 360 g/mol. The van der Waals surface area contributed by atoms with Crippen LogP contribution in [0.15, 0.2) is 53.8 Å². The van der Waals surface area contributed by atoms with E-state index in [1.54, 1.807) is 10.2 Å². The summed E-state index contributed by atoms with van der Waals surface area (Å²) in [6, 6.07) is 8.10. The van der Waals surface area contributed by atoms with Gasteiger partial charge >= 0.3 is 0 Å². The second-order valence-electron chi connectivity index (χ2n) is 6.30. The van der Waals surface area contributed by atoms with Crippen molar-refractivity contribution in [3.05, 3.63) is 53.7 Å². The maximum Gasteiger partial charge on any atom is 0.182 e. The first-order valence-corrected chi connectivity index (χ1v) is 9.07. The fourth-order valence-corrected chi connectivity index (χ4v) is 3.41. The lowest BCUT2D eigenvalue weighted by Gasteiger charge is -2.36. The number of benzene rings is 1. The summed E-state index contributed by atoms with van der Waals surface area (Å²) < 4.78 is 0. The molecule has 0 aromatic heterocycles. The highest BCUT2D eigenvalue weighted by atomic mass is 35.5. The van der Waals surface area contributed by atoms with Crippen molar-refractivity contribution >= 4 is 23.1 Å². The molecule has 0 saturated carbocycles. The Balaban J connectivity index is 1.19. The van der Waals surface area contributed by atoms with Crippen LogP contribution in [0.25, 0.3) is 0 Å². The predicted molar refractivity (Wildman–Crippen MR) is 100 cm³/mol. The Morgan fingerprint density at radius 1 is 1.08 bits per heavy atom. The van der Waals surface area contributed by atoms with Gasteiger partial charge < -0.3 is 4.90 Å². The van der Waals surface area contributed by atoms with Gasteiger partial charge in [0.1, 0.15) is 0 Å². The quantitative estimate of drug-likeness (QED) is 0.807. The molecule has 3 heterocycles. The molecule has 1 fully saturated rings. The molecule has 7 heteroatoms. The van der Waals surface area contributed by atoms with Gasteiger partial charge in [0.15, 0.2) is 5.84 Å². The Bertz CT molecular complexity index is 696. The van der Waals surface area contributed by atoms with Gasteiger partial charge in [0, 0.05) is 49.6 Å². The van der Waals surface area contributed by atoms with Gasteiger partial charge in [0.25, 0.3) is 0 Å². The van der Waals surface area contributed by atoms with Gasteiger partial charge in [-0.2, -0.15) is 5.06 Å². The van der Waals surface area contributed by atoms with Crippen LogP contribution in [0.3, 0.4) is 0 Å². The number of anilines is 1. The molecule has 3 aliphatic heterocycles. The summed E-state index contributed by atoms with van der Waals surface area (Å²) >= 11 is 6.09. The fraction of sp³-hybridized carbons (Fsp3) is 0.389. The molecule has 0 atom stereocenters. The molecule has 4 rings (SSSR count). The average Bonchev–Trinajstić information content (AvgIpc) is 3.05. The third-order valence-corrected chi connectivity index (χ3v) is 4.80. The molecule has 0 unspecified atom stereocenters. The first kappa shape index (κ1) is 16.4. The zero-order chi connectivity index (χ0) is 17.1. The van der Waals surface area contributed by atoms with Gasteiger partial charge in [-0.25, -0.2) is 0 Å². The topological polar surface area (TPSA) is 34.5 Å². The van der Waals surface area contributed by atoms with Crippen LogP contribution in [-0.2, 0) is 4.94 Å². The van der Waals surface area contributed by atoms with E-state index in [0.717, 1.165) is 56.5 Å². The molecule has 1 aromatic rings. The molecule has 0 aliphatic carbocycles. The number of nitrogens with zero attached hydrogens (tertiary/aromatic N) is 5. The fourth-order valence-electron chi connectivity index (χ4n) is 3.22. The van der Waals surface area contributed by atoms with Crippen LogP contribution in [0.2, 0.25) is 5.02 Å². The molecule has 0 N–H and O–H groups in total. The molecule has 132 valence electrons. The molecule has 0 spiro atoms. The van der Waals surface area contributed by atoms with Crippen LogP contribution in [0.4, 0.5) is 5.69 Å². The first-order chi connectivity index (χ1) is 12.3. The number of amidine groups is 1. The molecule has 0 radical (unpaired) electrons. The van der Waals surface area contributed by atoms with Crippen LogP contribution in [0.1, 0.15) is 6.42 Å². The molecule has 0 amide bonds. The summed E-state index contributed by atoms with van der Waals surface area (Å²) in [7, 11) is 0. The number of allylic oxidation sites excluding steroid dienone is 2. The monoisotopic (exact) mass is 359 g/mol. The van der Waals surface area contributed by atoms with Crippen LogP contribution < -0.4 is 4.90 Å². The van der Waals surface area contributed by atoms with Crippen LogP contribution in [0.5, 0.6) is 0 Å².